The maximum absolute atomic E-state index is 3.98. The zero-order chi connectivity index (χ0) is 40.0. The Hall–Kier alpha value is -6.88. The van der Waals surface area contributed by atoms with Crippen LogP contribution in [-0.4, -0.2) is 11.9 Å². The molecule has 3 unspecified atom stereocenters. The van der Waals surface area contributed by atoms with Gasteiger partial charge in [-0.3, -0.25) is 15.5 Å². The first kappa shape index (κ1) is 36.2. The molecular formula is C57H45N3. The number of benzene rings is 9. The lowest BCUT2D eigenvalue weighted by Gasteiger charge is -2.45. The molecule has 3 atom stereocenters. The van der Waals surface area contributed by atoms with Crippen LogP contribution in [0.15, 0.2) is 224 Å². The van der Waals surface area contributed by atoms with Crippen LogP contribution < -0.4 is 10.6 Å². The Morgan fingerprint density at radius 3 is 1.58 bits per heavy atom. The van der Waals surface area contributed by atoms with Crippen molar-refractivity contribution in [3.8, 4) is 33.4 Å². The third kappa shape index (κ3) is 6.01. The van der Waals surface area contributed by atoms with Crippen molar-refractivity contribution in [1.29, 1.82) is 0 Å². The van der Waals surface area contributed by atoms with E-state index in [0.717, 1.165) is 0 Å². The summed E-state index contributed by atoms with van der Waals surface area (Å²) in [6, 6.07) is 82.4. The highest BCUT2D eigenvalue weighted by atomic mass is 15.4. The number of rotatable bonds is 7. The Morgan fingerprint density at radius 2 is 0.883 bits per heavy atom. The van der Waals surface area contributed by atoms with E-state index in [0.29, 0.717) is 0 Å². The zero-order valence-corrected chi connectivity index (χ0v) is 33.5. The minimum Gasteiger partial charge on any atom is -0.279 e. The molecular weight excluding hydrogens is 727 g/mol. The maximum Gasteiger partial charge on any atom is 0.0888 e. The van der Waals surface area contributed by atoms with Gasteiger partial charge in [-0.1, -0.05) is 212 Å². The van der Waals surface area contributed by atoms with Crippen molar-refractivity contribution in [2.24, 2.45) is 0 Å². The molecule has 0 saturated carbocycles. The average Bonchev–Trinajstić information content (AvgIpc) is 3.64. The van der Waals surface area contributed by atoms with Crippen LogP contribution in [0.5, 0.6) is 0 Å². The lowest BCUT2D eigenvalue weighted by molar-refractivity contribution is 0.0416. The SMILES string of the molecule is CN1C(c2ccccc2)NC(c2ccc(-c3ccccc3)cc2)NC1c1ccc2cc(-c3cccc4c3-c3ccccc3C4(c3ccccc3)c3ccccc3)ccc2c1. The zero-order valence-electron chi connectivity index (χ0n) is 33.5. The Labute approximate surface area is 352 Å². The number of hydrogen-bond acceptors (Lipinski definition) is 3. The van der Waals surface area contributed by atoms with Crippen LogP contribution in [0.1, 0.15) is 57.4 Å². The van der Waals surface area contributed by atoms with Gasteiger partial charge < -0.3 is 0 Å². The molecule has 0 radical (unpaired) electrons. The van der Waals surface area contributed by atoms with E-state index in [9.17, 15) is 0 Å². The summed E-state index contributed by atoms with van der Waals surface area (Å²) in [6.07, 6.45) is -0.0742. The van der Waals surface area contributed by atoms with Crippen molar-refractivity contribution in [2.75, 3.05) is 7.05 Å². The van der Waals surface area contributed by atoms with Crippen LogP contribution in [0.2, 0.25) is 0 Å². The predicted octanol–water partition coefficient (Wildman–Crippen LogP) is 13.1. The molecule has 288 valence electrons. The van der Waals surface area contributed by atoms with E-state index in [1.54, 1.807) is 0 Å². The molecule has 2 aliphatic rings. The molecule has 0 amide bonds. The van der Waals surface area contributed by atoms with E-state index >= 15 is 0 Å². The molecule has 2 N–H and O–H groups in total. The molecule has 0 aromatic heterocycles. The molecule has 9 aromatic rings. The fraction of sp³-hybridized carbons (Fsp3) is 0.0877. The first-order valence-electron chi connectivity index (χ1n) is 21.0. The molecule has 1 fully saturated rings. The molecule has 3 nitrogen and oxygen atoms in total. The van der Waals surface area contributed by atoms with Crippen LogP contribution in [0.4, 0.5) is 0 Å². The van der Waals surface area contributed by atoms with Crippen LogP contribution in [0.3, 0.4) is 0 Å². The first-order valence-corrected chi connectivity index (χ1v) is 21.0. The first-order chi connectivity index (χ1) is 29.7. The lowest BCUT2D eigenvalue weighted by Crippen LogP contribution is -2.54. The van der Waals surface area contributed by atoms with E-state index in [4.69, 9.17) is 0 Å². The monoisotopic (exact) mass is 771 g/mol. The highest BCUT2D eigenvalue weighted by molar-refractivity contribution is 5.97. The second-order valence-corrected chi connectivity index (χ2v) is 16.2. The summed E-state index contributed by atoms with van der Waals surface area (Å²) >= 11 is 0. The summed E-state index contributed by atoms with van der Waals surface area (Å²) in [5, 5.41) is 10.4. The average molecular weight is 772 g/mol. The molecule has 9 aromatic carbocycles. The normalized spacial score (nSPS) is 18.2. The van der Waals surface area contributed by atoms with E-state index in [2.05, 4.69) is 247 Å². The molecule has 60 heavy (non-hydrogen) atoms. The predicted molar refractivity (Wildman–Crippen MR) is 247 cm³/mol. The van der Waals surface area contributed by atoms with Crippen molar-refractivity contribution < 1.29 is 0 Å². The molecule has 1 aliphatic heterocycles. The highest BCUT2D eigenvalue weighted by Gasteiger charge is 2.46. The minimum absolute atomic E-state index is 0.0104. The van der Waals surface area contributed by atoms with Crippen LogP contribution in [0.25, 0.3) is 44.2 Å². The Bertz CT molecular complexity index is 2910. The van der Waals surface area contributed by atoms with Crippen LogP contribution >= 0.6 is 0 Å². The largest absolute Gasteiger partial charge is 0.279 e. The van der Waals surface area contributed by atoms with Gasteiger partial charge in [-0.2, -0.15) is 0 Å². The van der Waals surface area contributed by atoms with E-state index in [1.165, 1.54) is 83.1 Å². The molecule has 0 bridgehead atoms. The molecule has 1 heterocycles. The molecule has 11 rings (SSSR count). The van der Waals surface area contributed by atoms with Crippen molar-refractivity contribution in [2.45, 2.75) is 23.9 Å². The summed E-state index contributed by atoms with van der Waals surface area (Å²) < 4.78 is 0. The third-order valence-corrected chi connectivity index (χ3v) is 12.9. The van der Waals surface area contributed by atoms with Crippen molar-refractivity contribution in [3.63, 3.8) is 0 Å². The number of fused-ring (bicyclic) bond motifs is 4. The second-order valence-electron chi connectivity index (χ2n) is 16.2. The third-order valence-electron chi connectivity index (χ3n) is 12.9. The van der Waals surface area contributed by atoms with Gasteiger partial charge in [-0.25, -0.2) is 0 Å². The fourth-order valence-corrected chi connectivity index (χ4v) is 10.1. The van der Waals surface area contributed by atoms with Gasteiger partial charge in [0.25, 0.3) is 0 Å². The summed E-state index contributed by atoms with van der Waals surface area (Å²) in [6.45, 7) is 0. The maximum atomic E-state index is 3.98. The second kappa shape index (κ2) is 15.1. The number of nitrogens with zero attached hydrogens (tertiary/aromatic N) is 1. The lowest BCUT2D eigenvalue weighted by atomic mass is 9.67. The summed E-state index contributed by atoms with van der Waals surface area (Å²) in [4.78, 5) is 2.41. The minimum atomic E-state index is -0.427. The van der Waals surface area contributed by atoms with Gasteiger partial charge in [-0.15, -0.1) is 0 Å². The van der Waals surface area contributed by atoms with Crippen molar-refractivity contribution in [1.82, 2.24) is 15.5 Å². The highest BCUT2D eigenvalue weighted by Crippen LogP contribution is 2.58. The molecule has 3 heteroatoms. The van der Waals surface area contributed by atoms with Gasteiger partial charge in [0.2, 0.25) is 0 Å². The quantitative estimate of drug-likeness (QED) is 0.169. The van der Waals surface area contributed by atoms with Crippen LogP contribution in [-0.2, 0) is 5.41 Å². The standard InChI is InChI=1S/C57H45N3/c1-60-55(42-19-8-3-9-20-42)58-54(41-31-29-40(30-32-41)39-17-6-2-7-18-39)59-56(60)46-36-34-43-37-45(35-33-44(43)38-46)49-26-16-28-52-53(49)50-25-14-15-27-51(50)57(52,47-21-10-4-11-22-47)48-23-12-5-13-24-48/h2-38,54-56,58-59H,1H3. The van der Waals surface area contributed by atoms with Gasteiger partial charge in [0.15, 0.2) is 0 Å². The number of nitrogens with one attached hydrogen (secondary N) is 2. The van der Waals surface area contributed by atoms with Crippen molar-refractivity contribution >= 4 is 10.8 Å². The summed E-state index contributed by atoms with van der Waals surface area (Å²) in [7, 11) is 2.21. The summed E-state index contributed by atoms with van der Waals surface area (Å²) in [5.41, 5.74) is 16.0. The van der Waals surface area contributed by atoms with Crippen LogP contribution in [0, 0.1) is 0 Å². The van der Waals surface area contributed by atoms with Gasteiger partial charge >= 0.3 is 0 Å². The van der Waals surface area contributed by atoms with Gasteiger partial charge in [0, 0.05) is 0 Å². The summed E-state index contributed by atoms with van der Waals surface area (Å²) in [5.74, 6) is 0. The fourth-order valence-electron chi connectivity index (χ4n) is 10.1. The van der Waals surface area contributed by atoms with Gasteiger partial charge in [0.1, 0.15) is 0 Å². The Balaban J connectivity index is 0.977. The Morgan fingerprint density at radius 1 is 0.383 bits per heavy atom. The molecule has 0 spiro atoms. The molecule has 1 aliphatic carbocycles. The number of hydrogen-bond donors (Lipinski definition) is 2. The van der Waals surface area contributed by atoms with E-state index < -0.39 is 5.41 Å². The van der Waals surface area contributed by atoms with E-state index in [1.807, 2.05) is 0 Å². The van der Waals surface area contributed by atoms with Gasteiger partial charge in [-0.05, 0) is 102 Å². The van der Waals surface area contributed by atoms with E-state index in [-0.39, 0.29) is 18.5 Å². The Kier molecular flexibility index (Phi) is 9.09. The smallest absolute Gasteiger partial charge is 0.0888 e. The van der Waals surface area contributed by atoms with Gasteiger partial charge in [0.05, 0.1) is 23.9 Å². The van der Waals surface area contributed by atoms with Crippen molar-refractivity contribution in [3.05, 3.63) is 263 Å². The topological polar surface area (TPSA) is 27.3 Å². The molecule has 1 saturated heterocycles.